The first-order valence-electron chi connectivity index (χ1n) is 4.67. The maximum atomic E-state index is 10.7. The first-order valence-corrected chi connectivity index (χ1v) is 5.49. The summed E-state index contributed by atoms with van der Waals surface area (Å²) in [6, 6.07) is 9.41. The van der Waals surface area contributed by atoms with Crippen molar-refractivity contribution in [3.8, 4) is 0 Å². The zero-order chi connectivity index (χ0) is 11.1. The van der Waals surface area contributed by atoms with E-state index in [4.69, 9.17) is 0 Å². The van der Waals surface area contributed by atoms with Gasteiger partial charge in [0.2, 0.25) is 0 Å². The molecule has 2 aromatic heterocycles. The summed E-state index contributed by atoms with van der Waals surface area (Å²) in [5.41, 5.74) is 0.0380. The molecule has 0 radical (unpaired) electrons. The van der Waals surface area contributed by atoms with Crippen molar-refractivity contribution < 1.29 is 4.92 Å². The van der Waals surface area contributed by atoms with Crippen LogP contribution >= 0.6 is 11.3 Å². The Morgan fingerprint density at radius 1 is 1.25 bits per heavy atom. The molecular formula is C11H6N2O2S. The normalized spacial score (nSPS) is 11.0. The first kappa shape index (κ1) is 9.23. The standard InChI is InChI=1S/C11H6N2O2S/c14-13(15)7-5-9-8-3-1-2-4-10(8)16-11(9)12-6-7/h1-6H. The molecule has 0 saturated carbocycles. The summed E-state index contributed by atoms with van der Waals surface area (Å²) in [7, 11) is 0. The Balaban J connectivity index is 2.44. The smallest absolute Gasteiger partial charge is 0.258 e. The predicted molar refractivity (Wildman–Crippen MR) is 63.8 cm³/mol. The quantitative estimate of drug-likeness (QED) is 0.475. The van der Waals surface area contributed by atoms with E-state index in [-0.39, 0.29) is 5.69 Å². The fourth-order valence-electron chi connectivity index (χ4n) is 1.70. The number of benzene rings is 1. The molecule has 0 atom stereocenters. The summed E-state index contributed by atoms with van der Waals surface area (Å²) in [4.78, 5) is 15.2. The molecule has 0 unspecified atom stereocenters. The van der Waals surface area contributed by atoms with Gasteiger partial charge in [0, 0.05) is 21.5 Å². The van der Waals surface area contributed by atoms with Gasteiger partial charge in [-0.1, -0.05) is 18.2 Å². The van der Waals surface area contributed by atoms with Crippen LogP contribution in [0.15, 0.2) is 36.5 Å². The van der Waals surface area contributed by atoms with E-state index in [1.54, 1.807) is 17.4 Å². The van der Waals surface area contributed by atoms with Gasteiger partial charge in [-0.2, -0.15) is 0 Å². The Morgan fingerprint density at radius 2 is 2.06 bits per heavy atom. The minimum absolute atomic E-state index is 0.0380. The number of pyridine rings is 1. The van der Waals surface area contributed by atoms with Gasteiger partial charge in [-0.25, -0.2) is 4.98 Å². The van der Waals surface area contributed by atoms with Gasteiger partial charge in [0.1, 0.15) is 11.0 Å². The van der Waals surface area contributed by atoms with Gasteiger partial charge in [0.05, 0.1) is 4.92 Å². The van der Waals surface area contributed by atoms with Crippen molar-refractivity contribution in [2.75, 3.05) is 0 Å². The topological polar surface area (TPSA) is 56.0 Å². The van der Waals surface area contributed by atoms with Crippen molar-refractivity contribution in [3.63, 3.8) is 0 Å². The van der Waals surface area contributed by atoms with Crippen LogP contribution in [0.4, 0.5) is 5.69 Å². The first-order chi connectivity index (χ1) is 7.75. The second-order valence-electron chi connectivity index (χ2n) is 3.40. The molecule has 0 N–H and O–H groups in total. The lowest BCUT2D eigenvalue weighted by molar-refractivity contribution is -0.385. The van der Waals surface area contributed by atoms with Gasteiger partial charge < -0.3 is 0 Å². The summed E-state index contributed by atoms with van der Waals surface area (Å²) < 4.78 is 1.10. The van der Waals surface area contributed by atoms with Gasteiger partial charge in [0.15, 0.2) is 0 Å². The van der Waals surface area contributed by atoms with E-state index in [0.717, 1.165) is 20.3 Å². The molecule has 3 aromatic rings. The molecule has 0 fully saturated rings. The van der Waals surface area contributed by atoms with Gasteiger partial charge >= 0.3 is 0 Å². The van der Waals surface area contributed by atoms with Gasteiger partial charge in [-0.05, 0) is 6.07 Å². The number of fused-ring (bicyclic) bond motifs is 3. The Kier molecular flexibility index (Phi) is 1.87. The lowest BCUT2D eigenvalue weighted by atomic mass is 10.2. The number of hydrogen-bond donors (Lipinski definition) is 0. The predicted octanol–water partition coefficient (Wildman–Crippen LogP) is 3.36. The molecule has 3 rings (SSSR count). The van der Waals surface area contributed by atoms with Crippen molar-refractivity contribution in [1.82, 2.24) is 4.98 Å². The van der Waals surface area contributed by atoms with Crippen LogP contribution in [0, 0.1) is 10.1 Å². The largest absolute Gasteiger partial charge is 0.288 e. The number of nitrogens with zero attached hydrogens (tertiary/aromatic N) is 2. The summed E-state index contributed by atoms with van der Waals surface area (Å²) in [5.74, 6) is 0. The maximum absolute atomic E-state index is 10.7. The van der Waals surface area contributed by atoms with E-state index in [0.29, 0.717) is 0 Å². The van der Waals surface area contributed by atoms with Crippen LogP contribution in [0.25, 0.3) is 20.3 Å². The fraction of sp³-hybridized carbons (Fsp3) is 0. The Bertz CT molecular complexity index is 705. The third-order valence-corrected chi connectivity index (χ3v) is 3.53. The van der Waals surface area contributed by atoms with E-state index in [1.807, 2.05) is 24.3 Å². The van der Waals surface area contributed by atoms with Gasteiger partial charge in [0.25, 0.3) is 5.69 Å². The molecule has 1 aromatic carbocycles. The van der Waals surface area contributed by atoms with Crippen LogP contribution in [0.1, 0.15) is 0 Å². The zero-order valence-corrected chi connectivity index (χ0v) is 8.90. The summed E-state index contributed by atoms with van der Waals surface area (Å²) in [5, 5.41) is 12.6. The summed E-state index contributed by atoms with van der Waals surface area (Å²) >= 11 is 1.55. The van der Waals surface area contributed by atoms with Crippen LogP contribution < -0.4 is 0 Å². The van der Waals surface area contributed by atoms with Gasteiger partial charge in [-0.3, -0.25) is 10.1 Å². The van der Waals surface area contributed by atoms with Crippen LogP contribution in [0.3, 0.4) is 0 Å². The second kappa shape index (κ2) is 3.24. The van der Waals surface area contributed by atoms with Crippen LogP contribution in [-0.2, 0) is 0 Å². The molecule has 0 aliphatic heterocycles. The van der Waals surface area contributed by atoms with E-state index in [9.17, 15) is 10.1 Å². The molecule has 0 saturated heterocycles. The van der Waals surface area contributed by atoms with Crippen molar-refractivity contribution in [1.29, 1.82) is 0 Å². The average molecular weight is 230 g/mol. The Morgan fingerprint density at radius 3 is 2.88 bits per heavy atom. The number of rotatable bonds is 1. The third-order valence-electron chi connectivity index (χ3n) is 2.43. The number of nitro groups is 1. The Labute approximate surface area is 94.3 Å². The zero-order valence-electron chi connectivity index (χ0n) is 8.08. The summed E-state index contributed by atoms with van der Waals surface area (Å²) in [6.07, 6.45) is 1.30. The summed E-state index contributed by atoms with van der Waals surface area (Å²) in [6.45, 7) is 0. The van der Waals surface area contributed by atoms with Crippen LogP contribution in [-0.4, -0.2) is 9.91 Å². The maximum Gasteiger partial charge on any atom is 0.288 e. The van der Waals surface area contributed by atoms with Crippen LogP contribution in [0.5, 0.6) is 0 Å². The molecule has 0 bridgehead atoms. The average Bonchev–Trinajstić information content (AvgIpc) is 2.66. The fourth-order valence-corrected chi connectivity index (χ4v) is 2.72. The van der Waals surface area contributed by atoms with E-state index in [2.05, 4.69) is 4.98 Å². The molecule has 0 amide bonds. The van der Waals surface area contributed by atoms with Crippen molar-refractivity contribution >= 4 is 37.3 Å². The molecule has 0 aliphatic rings. The van der Waals surface area contributed by atoms with E-state index >= 15 is 0 Å². The van der Waals surface area contributed by atoms with Gasteiger partial charge in [-0.15, -0.1) is 11.3 Å². The second-order valence-corrected chi connectivity index (χ2v) is 4.43. The van der Waals surface area contributed by atoms with E-state index in [1.165, 1.54) is 6.20 Å². The van der Waals surface area contributed by atoms with Crippen LogP contribution in [0.2, 0.25) is 0 Å². The minimum Gasteiger partial charge on any atom is -0.258 e. The lowest BCUT2D eigenvalue weighted by Crippen LogP contribution is -1.87. The molecule has 4 nitrogen and oxygen atoms in total. The number of aromatic nitrogens is 1. The van der Waals surface area contributed by atoms with E-state index < -0.39 is 4.92 Å². The molecule has 16 heavy (non-hydrogen) atoms. The SMILES string of the molecule is O=[N+]([O-])c1cnc2sc3ccccc3c2c1. The highest BCUT2D eigenvalue weighted by Crippen LogP contribution is 2.33. The highest BCUT2D eigenvalue weighted by Gasteiger charge is 2.11. The van der Waals surface area contributed by atoms with Crippen molar-refractivity contribution in [3.05, 3.63) is 46.6 Å². The Hall–Kier alpha value is -2.01. The minimum atomic E-state index is -0.418. The molecule has 0 spiro atoms. The van der Waals surface area contributed by atoms with Crippen molar-refractivity contribution in [2.24, 2.45) is 0 Å². The van der Waals surface area contributed by atoms with Crippen molar-refractivity contribution in [2.45, 2.75) is 0 Å². The highest BCUT2D eigenvalue weighted by molar-refractivity contribution is 7.25. The molecule has 78 valence electrons. The number of thiophene rings is 1. The lowest BCUT2D eigenvalue weighted by Gasteiger charge is -1.91. The molecule has 5 heteroatoms. The monoisotopic (exact) mass is 230 g/mol. The highest BCUT2D eigenvalue weighted by atomic mass is 32.1. The third kappa shape index (κ3) is 1.25. The molecule has 0 aliphatic carbocycles. The molecule has 2 heterocycles. The molecular weight excluding hydrogens is 224 g/mol. The number of hydrogen-bond acceptors (Lipinski definition) is 4.